The predicted octanol–water partition coefficient (Wildman–Crippen LogP) is 5.00. The van der Waals surface area contributed by atoms with Crippen LogP contribution in [0.3, 0.4) is 0 Å². The summed E-state index contributed by atoms with van der Waals surface area (Å²) in [6.07, 6.45) is 3.33. The molecule has 0 N–H and O–H groups in total. The number of rotatable bonds is 3. The highest BCUT2D eigenvalue weighted by Gasteiger charge is 2.37. The zero-order chi connectivity index (χ0) is 17.9. The molecule has 2 nitrogen and oxygen atoms in total. The minimum atomic E-state index is -1.81. The number of hydrogen-bond acceptors (Lipinski definition) is 2. The van der Waals surface area contributed by atoms with Crippen molar-refractivity contribution in [2.45, 2.75) is 44.5 Å². The van der Waals surface area contributed by atoms with E-state index in [2.05, 4.69) is 50.4 Å². The number of esters is 1. The van der Waals surface area contributed by atoms with E-state index < -0.39 is 8.07 Å². The van der Waals surface area contributed by atoms with Crippen molar-refractivity contribution in [2.24, 2.45) is 0 Å². The Morgan fingerprint density at radius 3 is 2.20 bits per heavy atom. The van der Waals surface area contributed by atoms with Gasteiger partial charge in [0.2, 0.25) is 0 Å². The first-order chi connectivity index (χ1) is 12.0. The second-order valence-electron chi connectivity index (χ2n) is 7.42. The van der Waals surface area contributed by atoms with Gasteiger partial charge in [0.1, 0.15) is 6.10 Å². The first-order valence-electron chi connectivity index (χ1n) is 8.95. The normalized spacial score (nSPS) is 23.8. The zero-order valence-corrected chi connectivity index (χ0v) is 16.2. The summed E-state index contributed by atoms with van der Waals surface area (Å²) in [4.78, 5) is 12.6. The van der Waals surface area contributed by atoms with Crippen molar-refractivity contribution in [2.75, 3.05) is 0 Å². The lowest BCUT2D eigenvalue weighted by Crippen LogP contribution is -2.47. The molecule has 1 aliphatic rings. The Balaban J connectivity index is 1.89. The zero-order valence-electron chi connectivity index (χ0n) is 15.2. The number of cyclic esters (lactones) is 1. The molecule has 0 saturated carbocycles. The molecule has 130 valence electrons. The number of benzene rings is 2. The second-order valence-corrected chi connectivity index (χ2v) is 12.1. The molecule has 3 heteroatoms. The van der Waals surface area contributed by atoms with Crippen LogP contribution in [0.4, 0.5) is 0 Å². The second kappa shape index (κ2) is 7.40. The molecule has 0 aromatic heterocycles. The van der Waals surface area contributed by atoms with Crippen LogP contribution in [0.5, 0.6) is 0 Å². The fraction of sp³-hybridized carbons (Fsp3) is 0.318. The number of hydrogen-bond donors (Lipinski definition) is 0. The van der Waals surface area contributed by atoms with Gasteiger partial charge in [0.05, 0.1) is 8.07 Å². The van der Waals surface area contributed by atoms with Crippen LogP contribution in [0.2, 0.25) is 18.6 Å². The van der Waals surface area contributed by atoms with Crippen molar-refractivity contribution >= 4 is 19.2 Å². The first kappa shape index (κ1) is 17.7. The molecule has 1 aliphatic heterocycles. The third kappa shape index (κ3) is 3.93. The summed E-state index contributed by atoms with van der Waals surface area (Å²) in [5.41, 5.74) is 2.68. The molecule has 0 radical (unpaired) electrons. The van der Waals surface area contributed by atoms with E-state index in [0.717, 1.165) is 12.0 Å². The lowest BCUT2D eigenvalue weighted by Gasteiger charge is -2.35. The highest BCUT2D eigenvalue weighted by atomic mass is 28.3. The minimum Gasteiger partial charge on any atom is -0.457 e. The molecular weight excluding hydrogens is 324 g/mol. The summed E-state index contributed by atoms with van der Waals surface area (Å²) >= 11 is 0. The van der Waals surface area contributed by atoms with E-state index in [9.17, 15) is 4.79 Å². The van der Waals surface area contributed by atoms with Gasteiger partial charge in [-0.2, -0.15) is 0 Å². The van der Waals surface area contributed by atoms with Crippen molar-refractivity contribution in [1.29, 1.82) is 0 Å². The van der Waals surface area contributed by atoms with Gasteiger partial charge < -0.3 is 4.74 Å². The Kier molecular flexibility index (Phi) is 5.23. The van der Waals surface area contributed by atoms with Gasteiger partial charge in [-0.1, -0.05) is 90.6 Å². The molecule has 25 heavy (non-hydrogen) atoms. The van der Waals surface area contributed by atoms with Crippen LogP contribution in [0, 0.1) is 0 Å². The quantitative estimate of drug-likeness (QED) is 0.442. The molecule has 0 spiro atoms. The number of carbonyl (C=O) groups is 1. The maximum absolute atomic E-state index is 12.6. The van der Waals surface area contributed by atoms with Crippen molar-refractivity contribution in [3.05, 3.63) is 77.9 Å². The summed E-state index contributed by atoms with van der Waals surface area (Å²) in [6.45, 7) is 6.89. The summed E-state index contributed by atoms with van der Waals surface area (Å²) in [7, 11) is -1.81. The maximum atomic E-state index is 12.6. The van der Waals surface area contributed by atoms with Gasteiger partial charge in [-0.3, -0.25) is 4.79 Å². The molecule has 1 heterocycles. The van der Waals surface area contributed by atoms with Crippen LogP contribution in [0.25, 0.3) is 0 Å². The molecule has 2 aromatic rings. The van der Waals surface area contributed by atoms with Gasteiger partial charge in [-0.05, 0) is 18.0 Å². The summed E-state index contributed by atoms with van der Waals surface area (Å²) in [5.74, 6) is -0.0807. The highest BCUT2D eigenvalue weighted by molar-refractivity contribution is 6.91. The fourth-order valence-electron chi connectivity index (χ4n) is 3.78. The van der Waals surface area contributed by atoms with E-state index in [4.69, 9.17) is 4.74 Å². The Labute approximate surface area is 151 Å². The van der Waals surface area contributed by atoms with E-state index in [0.29, 0.717) is 6.42 Å². The van der Waals surface area contributed by atoms with Crippen LogP contribution in [0.15, 0.2) is 72.3 Å². The third-order valence-corrected chi connectivity index (χ3v) is 9.63. The van der Waals surface area contributed by atoms with E-state index in [1.54, 1.807) is 0 Å². The number of carbonyl (C=O) groups excluding carboxylic acids is 1. The average molecular weight is 351 g/mol. The highest BCUT2D eigenvalue weighted by Crippen LogP contribution is 2.37. The lowest BCUT2D eigenvalue weighted by molar-refractivity contribution is -0.149. The van der Waals surface area contributed by atoms with E-state index in [1.807, 2.05) is 36.4 Å². The Bertz CT molecular complexity index is 750. The Hall–Kier alpha value is -2.13. The topological polar surface area (TPSA) is 26.3 Å². The van der Waals surface area contributed by atoms with Crippen LogP contribution < -0.4 is 5.19 Å². The molecule has 3 rings (SSSR count). The summed E-state index contributed by atoms with van der Waals surface area (Å²) in [6, 6.07) is 20.7. The standard InChI is InChI=1S/C22H26O2Si/c1-17-14-15-20(18-10-6-4-7-11-18)24-22(23)16-21(17)25(2,3)19-12-8-5-9-13-19/h4-14,20-21H,15-16H2,1-3H3/b17-14-/t20-,21+/m1/s1. The Morgan fingerprint density at radius 2 is 1.56 bits per heavy atom. The molecule has 0 amide bonds. The van der Waals surface area contributed by atoms with Crippen LogP contribution >= 0.6 is 0 Å². The first-order valence-corrected chi connectivity index (χ1v) is 12.0. The SMILES string of the molecule is C/C1=C/C[C@H](c2ccccc2)OC(=O)C[C@@H]1[Si](C)(C)c1ccccc1. The van der Waals surface area contributed by atoms with Gasteiger partial charge in [0, 0.05) is 12.8 Å². The van der Waals surface area contributed by atoms with Crippen LogP contribution in [-0.4, -0.2) is 14.0 Å². The molecule has 0 unspecified atom stereocenters. The largest absolute Gasteiger partial charge is 0.457 e. The van der Waals surface area contributed by atoms with Gasteiger partial charge in [-0.25, -0.2) is 0 Å². The minimum absolute atomic E-state index is 0.0807. The smallest absolute Gasteiger partial charge is 0.306 e. The maximum Gasteiger partial charge on any atom is 0.306 e. The molecule has 0 saturated heterocycles. The van der Waals surface area contributed by atoms with E-state index in [1.165, 1.54) is 10.8 Å². The average Bonchev–Trinajstić information content (AvgIpc) is 2.63. The molecule has 0 fully saturated rings. The van der Waals surface area contributed by atoms with Gasteiger partial charge in [0.25, 0.3) is 0 Å². The lowest BCUT2D eigenvalue weighted by atomic mass is 10.0. The van der Waals surface area contributed by atoms with Crippen molar-refractivity contribution in [3.63, 3.8) is 0 Å². The molecule has 0 aliphatic carbocycles. The van der Waals surface area contributed by atoms with E-state index >= 15 is 0 Å². The van der Waals surface area contributed by atoms with Crippen LogP contribution in [-0.2, 0) is 9.53 Å². The number of ether oxygens (including phenoxy) is 1. The van der Waals surface area contributed by atoms with Crippen molar-refractivity contribution < 1.29 is 9.53 Å². The summed E-state index contributed by atoms with van der Waals surface area (Å²) in [5, 5.41) is 1.39. The molecule has 2 aromatic carbocycles. The molecular formula is C22H26O2Si. The molecule has 2 atom stereocenters. The molecule has 0 bridgehead atoms. The monoisotopic (exact) mass is 350 g/mol. The predicted molar refractivity (Wildman–Crippen MR) is 106 cm³/mol. The number of allylic oxidation sites excluding steroid dienone is 1. The summed E-state index contributed by atoms with van der Waals surface area (Å²) < 4.78 is 5.83. The van der Waals surface area contributed by atoms with Crippen molar-refractivity contribution in [3.8, 4) is 0 Å². The van der Waals surface area contributed by atoms with E-state index in [-0.39, 0.29) is 17.6 Å². The van der Waals surface area contributed by atoms with Gasteiger partial charge in [0.15, 0.2) is 0 Å². The van der Waals surface area contributed by atoms with Gasteiger partial charge >= 0.3 is 5.97 Å². The third-order valence-electron chi connectivity index (χ3n) is 5.41. The Morgan fingerprint density at radius 1 is 0.960 bits per heavy atom. The fourth-order valence-corrected chi connectivity index (χ4v) is 7.17. The van der Waals surface area contributed by atoms with Crippen LogP contribution in [0.1, 0.15) is 31.4 Å². The van der Waals surface area contributed by atoms with Crippen molar-refractivity contribution in [1.82, 2.24) is 0 Å². The van der Waals surface area contributed by atoms with Gasteiger partial charge in [-0.15, -0.1) is 0 Å².